The number of aromatic nitrogens is 1. The van der Waals surface area contributed by atoms with Crippen LogP contribution in [-0.2, 0) is 6.42 Å². The molecule has 1 heterocycles. The number of nitrogens with one attached hydrogen (secondary N) is 2. The normalized spacial score (nSPS) is 10.4. The van der Waals surface area contributed by atoms with Gasteiger partial charge in [-0.2, -0.15) is 0 Å². The summed E-state index contributed by atoms with van der Waals surface area (Å²) in [7, 11) is 0. The highest BCUT2D eigenvalue weighted by molar-refractivity contribution is 6.32. The van der Waals surface area contributed by atoms with Crippen molar-refractivity contribution in [2.45, 2.75) is 6.42 Å². The molecule has 29 heavy (non-hydrogen) atoms. The van der Waals surface area contributed by atoms with Crippen molar-refractivity contribution in [3.8, 4) is 17.2 Å². The van der Waals surface area contributed by atoms with Crippen molar-refractivity contribution in [2.24, 2.45) is 5.73 Å². The maximum absolute atomic E-state index is 12.2. The van der Waals surface area contributed by atoms with Crippen molar-refractivity contribution < 1.29 is 24.4 Å². The van der Waals surface area contributed by atoms with E-state index in [0.29, 0.717) is 30.0 Å². The molecule has 1 aromatic heterocycles. The van der Waals surface area contributed by atoms with Crippen LogP contribution in [0.25, 0.3) is 0 Å². The van der Waals surface area contributed by atoms with E-state index in [1.54, 1.807) is 18.3 Å². The number of halogens is 1. The van der Waals surface area contributed by atoms with Gasteiger partial charge in [-0.25, -0.2) is 4.98 Å². The average Bonchev–Trinajstić information content (AvgIpc) is 2.70. The Kier molecular flexibility index (Phi) is 6.31. The Morgan fingerprint density at radius 1 is 1.10 bits per heavy atom. The molecule has 0 saturated carbocycles. The number of ether oxygens (including phenoxy) is 1. The smallest absolute Gasteiger partial charge is 0.313 e. The van der Waals surface area contributed by atoms with Crippen LogP contribution >= 0.6 is 11.6 Å². The number of phenols is 1. The van der Waals surface area contributed by atoms with Crippen LogP contribution < -0.4 is 20.8 Å². The highest BCUT2D eigenvalue weighted by Gasteiger charge is 2.11. The maximum atomic E-state index is 12.2. The largest absolute Gasteiger partial charge is 0.506 e. The second kappa shape index (κ2) is 9.07. The minimum atomic E-state index is -0.574. The first-order chi connectivity index (χ1) is 13.9. The first-order valence-corrected chi connectivity index (χ1v) is 9.15. The van der Waals surface area contributed by atoms with Crippen molar-refractivity contribution >= 4 is 23.4 Å². The second-order valence-corrected chi connectivity index (χ2v) is 6.63. The number of nitrogens with two attached hydrogens (primary N) is 1. The monoisotopic (exact) mass is 412 g/mol. The zero-order chi connectivity index (χ0) is 20.8. The number of hydrogen-bond acceptors (Lipinski definition) is 4. The predicted molar refractivity (Wildman–Crippen MR) is 107 cm³/mol. The molecule has 0 spiro atoms. The number of rotatable bonds is 7. The first-order valence-electron chi connectivity index (χ1n) is 8.77. The Balaban J connectivity index is 1.58. The summed E-state index contributed by atoms with van der Waals surface area (Å²) in [5.41, 5.74) is 6.84. The number of carbonyl (C=O) groups excluding carboxylic acids is 2. The summed E-state index contributed by atoms with van der Waals surface area (Å²) >= 11 is 5.83. The Morgan fingerprint density at radius 2 is 1.90 bits per heavy atom. The van der Waals surface area contributed by atoms with Crippen molar-refractivity contribution in [3.63, 3.8) is 0 Å². The summed E-state index contributed by atoms with van der Waals surface area (Å²) in [5.74, 6) is 0.154. The van der Waals surface area contributed by atoms with E-state index in [2.05, 4.69) is 10.3 Å². The van der Waals surface area contributed by atoms with Crippen molar-refractivity contribution in [2.75, 3.05) is 6.54 Å². The molecule has 3 aromatic rings. The Hall–Kier alpha value is -3.58. The fourth-order valence-electron chi connectivity index (χ4n) is 2.62. The topological polar surface area (TPSA) is 116 Å². The Labute approximate surface area is 172 Å². The zero-order valence-corrected chi connectivity index (χ0v) is 16.1. The van der Waals surface area contributed by atoms with Gasteiger partial charge in [-0.05, 0) is 42.3 Å². The number of H-pyrrole nitrogens is 1. The predicted octanol–water partition coefficient (Wildman–Crippen LogP) is 2.72. The quantitative estimate of drug-likeness (QED) is 0.553. The lowest BCUT2D eigenvalue weighted by atomic mass is 10.1. The molecular weight excluding hydrogens is 394 g/mol. The second-order valence-electron chi connectivity index (χ2n) is 6.22. The van der Waals surface area contributed by atoms with Gasteiger partial charge in [0.15, 0.2) is 6.20 Å². The Morgan fingerprint density at radius 3 is 2.66 bits per heavy atom. The zero-order valence-electron chi connectivity index (χ0n) is 15.3. The molecule has 0 fully saturated rings. The fourth-order valence-corrected chi connectivity index (χ4v) is 2.80. The first kappa shape index (κ1) is 20.2. The van der Waals surface area contributed by atoms with Gasteiger partial charge >= 0.3 is 5.91 Å². The molecule has 5 N–H and O–H groups in total. The van der Waals surface area contributed by atoms with Crippen LogP contribution in [0, 0.1) is 0 Å². The number of aromatic amines is 1. The van der Waals surface area contributed by atoms with E-state index in [1.165, 1.54) is 24.3 Å². The van der Waals surface area contributed by atoms with Crippen LogP contribution in [-0.4, -0.2) is 23.5 Å². The number of amides is 2. The molecule has 8 heteroatoms. The highest BCUT2D eigenvalue weighted by atomic mass is 35.5. The summed E-state index contributed by atoms with van der Waals surface area (Å²) in [6.45, 7) is 0.410. The van der Waals surface area contributed by atoms with Gasteiger partial charge in [0.05, 0.1) is 11.1 Å². The van der Waals surface area contributed by atoms with Gasteiger partial charge in [-0.1, -0.05) is 23.7 Å². The molecule has 0 unspecified atom stereocenters. The third kappa shape index (κ3) is 5.46. The van der Waals surface area contributed by atoms with E-state index >= 15 is 0 Å². The van der Waals surface area contributed by atoms with E-state index < -0.39 is 5.91 Å². The molecule has 0 aliphatic carbocycles. The van der Waals surface area contributed by atoms with E-state index in [1.807, 2.05) is 18.2 Å². The molecule has 2 aromatic carbocycles. The molecule has 0 aliphatic rings. The van der Waals surface area contributed by atoms with Crippen LogP contribution in [0.15, 0.2) is 60.8 Å². The van der Waals surface area contributed by atoms with E-state index in [9.17, 15) is 14.7 Å². The number of hydrogen-bond donors (Lipinski definition) is 3. The number of primary amides is 1. The summed E-state index contributed by atoms with van der Waals surface area (Å²) in [5, 5.41) is 12.4. The molecular formula is C21H19ClN3O4+. The molecule has 0 atom stereocenters. The lowest BCUT2D eigenvalue weighted by molar-refractivity contribution is -0.382. The van der Waals surface area contributed by atoms with Gasteiger partial charge < -0.3 is 20.9 Å². The van der Waals surface area contributed by atoms with Crippen LogP contribution in [0.3, 0.4) is 0 Å². The van der Waals surface area contributed by atoms with Crippen molar-refractivity contribution in [1.82, 2.24) is 5.32 Å². The SMILES string of the molecule is NC(=O)c1cc(Oc2cccc(CCNC(=O)c3ccc(O)c(Cl)c3)c2)cc[nH+]1. The van der Waals surface area contributed by atoms with Gasteiger partial charge in [-0.15, -0.1) is 0 Å². The van der Waals surface area contributed by atoms with Crippen LogP contribution in [0.2, 0.25) is 5.02 Å². The number of aromatic hydroxyl groups is 1. The number of carbonyl (C=O) groups is 2. The molecule has 0 aliphatic heterocycles. The molecule has 3 rings (SSSR count). The molecule has 0 radical (unpaired) electrons. The number of phenolic OH excluding ortho intramolecular Hbond substituents is 1. The molecule has 0 saturated heterocycles. The highest BCUT2D eigenvalue weighted by Crippen LogP contribution is 2.24. The summed E-state index contributed by atoms with van der Waals surface area (Å²) in [6, 6.07) is 14.9. The van der Waals surface area contributed by atoms with Gasteiger partial charge in [0.1, 0.15) is 17.2 Å². The van der Waals surface area contributed by atoms with Crippen LogP contribution in [0.5, 0.6) is 17.2 Å². The van der Waals surface area contributed by atoms with Gasteiger partial charge in [0, 0.05) is 18.2 Å². The summed E-state index contributed by atoms with van der Waals surface area (Å²) in [4.78, 5) is 26.2. The molecule has 7 nitrogen and oxygen atoms in total. The molecule has 0 bridgehead atoms. The van der Waals surface area contributed by atoms with Crippen LogP contribution in [0.4, 0.5) is 0 Å². The van der Waals surface area contributed by atoms with Gasteiger partial charge in [0.2, 0.25) is 0 Å². The minimum absolute atomic E-state index is 0.0701. The minimum Gasteiger partial charge on any atom is -0.506 e. The lowest BCUT2D eigenvalue weighted by Crippen LogP contribution is -2.25. The van der Waals surface area contributed by atoms with E-state index in [-0.39, 0.29) is 22.4 Å². The maximum Gasteiger partial charge on any atom is 0.313 e. The third-order valence-corrected chi connectivity index (χ3v) is 4.38. The lowest BCUT2D eigenvalue weighted by Gasteiger charge is -2.09. The number of pyridine rings is 1. The van der Waals surface area contributed by atoms with E-state index in [4.69, 9.17) is 22.1 Å². The number of benzene rings is 2. The van der Waals surface area contributed by atoms with Crippen molar-refractivity contribution in [3.05, 3.63) is 82.6 Å². The average molecular weight is 413 g/mol. The Bertz CT molecular complexity index is 1060. The standard InChI is InChI=1S/C21H18ClN3O4/c22-17-11-14(4-5-19(17)26)21(28)25-8-6-13-2-1-3-15(10-13)29-16-7-9-24-18(12-16)20(23)27/h1-5,7,9-12,26H,6,8H2,(H2,23,27)(H,25,28)/p+1. The van der Waals surface area contributed by atoms with E-state index in [0.717, 1.165) is 5.56 Å². The van der Waals surface area contributed by atoms with Gasteiger partial charge in [-0.3, -0.25) is 9.59 Å². The van der Waals surface area contributed by atoms with Crippen molar-refractivity contribution in [1.29, 1.82) is 0 Å². The van der Waals surface area contributed by atoms with Gasteiger partial charge in [0.25, 0.3) is 11.6 Å². The molecule has 2 amide bonds. The third-order valence-electron chi connectivity index (χ3n) is 4.08. The van der Waals surface area contributed by atoms with Crippen LogP contribution in [0.1, 0.15) is 26.4 Å². The summed E-state index contributed by atoms with van der Waals surface area (Å²) in [6.07, 6.45) is 2.16. The summed E-state index contributed by atoms with van der Waals surface area (Å²) < 4.78 is 5.78. The fraction of sp³-hybridized carbons (Fsp3) is 0.0952. The molecule has 148 valence electrons.